The molecule has 0 radical (unpaired) electrons. The number of aryl methyl sites for hydroxylation is 1. The van der Waals surface area contributed by atoms with Gasteiger partial charge in [0.05, 0.1) is 0 Å². The van der Waals surface area contributed by atoms with Crippen molar-refractivity contribution in [3.63, 3.8) is 0 Å². The van der Waals surface area contributed by atoms with Gasteiger partial charge in [-0.15, -0.1) is 0 Å². The first kappa shape index (κ1) is 8.19. The Morgan fingerprint density at radius 1 is 1.38 bits per heavy atom. The number of hydrogen-bond donors (Lipinski definition) is 0. The molecule has 2 rings (SSSR count). The summed E-state index contributed by atoms with van der Waals surface area (Å²) in [6.45, 7) is 1.94. The summed E-state index contributed by atoms with van der Waals surface area (Å²) in [5.74, 6) is 0.459. The van der Waals surface area contributed by atoms with Crippen molar-refractivity contribution in [2.24, 2.45) is 0 Å². The highest BCUT2D eigenvalue weighted by Gasteiger charge is 2.06. The molecule has 0 aromatic carbocycles. The molecular weight excluding hydrogens is 190 g/mol. The van der Waals surface area contributed by atoms with Crippen molar-refractivity contribution in [1.82, 2.24) is 15.1 Å². The first-order chi connectivity index (χ1) is 6.25. The maximum Gasteiger partial charge on any atom is 0.320 e. The summed E-state index contributed by atoms with van der Waals surface area (Å²) in [6, 6.07) is 1.91. The molecule has 0 aliphatic heterocycles. The zero-order valence-corrected chi connectivity index (χ0v) is 7.62. The summed E-state index contributed by atoms with van der Waals surface area (Å²) < 4.78 is 4.64. The van der Waals surface area contributed by atoms with Crippen LogP contribution in [0.1, 0.15) is 5.56 Å². The smallest absolute Gasteiger partial charge is 0.320 e. The first-order valence-corrected chi connectivity index (χ1v) is 4.05. The van der Waals surface area contributed by atoms with Gasteiger partial charge in [0, 0.05) is 18.0 Å². The topological polar surface area (TPSA) is 51.8 Å². The minimum Gasteiger partial charge on any atom is -0.321 e. The van der Waals surface area contributed by atoms with Gasteiger partial charge in [0.2, 0.25) is 5.82 Å². The van der Waals surface area contributed by atoms with Gasteiger partial charge >= 0.3 is 5.35 Å². The number of rotatable bonds is 1. The second-order valence-corrected chi connectivity index (χ2v) is 2.95. The van der Waals surface area contributed by atoms with E-state index in [1.54, 1.807) is 12.4 Å². The van der Waals surface area contributed by atoms with Gasteiger partial charge in [-0.1, -0.05) is 5.16 Å². The Hall–Kier alpha value is -1.42. The van der Waals surface area contributed by atoms with Gasteiger partial charge in [-0.25, -0.2) is 0 Å². The highest BCUT2D eigenvalue weighted by molar-refractivity contribution is 6.27. The van der Waals surface area contributed by atoms with E-state index in [1.165, 1.54) is 0 Å². The third kappa shape index (κ3) is 1.67. The summed E-state index contributed by atoms with van der Waals surface area (Å²) in [4.78, 5) is 7.87. The van der Waals surface area contributed by atoms with Crippen LogP contribution in [0.3, 0.4) is 0 Å². The summed E-state index contributed by atoms with van der Waals surface area (Å²) >= 11 is 5.49. The van der Waals surface area contributed by atoms with E-state index in [9.17, 15) is 0 Å². The van der Waals surface area contributed by atoms with E-state index in [0.717, 1.165) is 11.1 Å². The van der Waals surface area contributed by atoms with Crippen molar-refractivity contribution >= 4 is 11.6 Å². The molecule has 2 aromatic rings. The Bertz CT molecular complexity index is 427. The van der Waals surface area contributed by atoms with E-state index in [-0.39, 0.29) is 5.35 Å². The van der Waals surface area contributed by atoms with Crippen molar-refractivity contribution < 1.29 is 4.52 Å². The van der Waals surface area contributed by atoms with Crippen LogP contribution in [0.2, 0.25) is 5.35 Å². The fourth-order valence-electron chi connectivity index (χ4n) is 0.999. The van der Waals surface area contributed by atoms with Crippen LogP contribution in [-0.4, -0.2) is 15.1 Å². The molecule has 0 N–H and O–H groups in total. The molecule has 5 heteroatoms. The fraction of sp³-hybridized carbons (Fsp3) is 0.125. The molecule has 0 saturated heterocycles. The molecule has 0 aliphatic carbocycles. The average Bonchev–Trinajstić information content (AvgIpc) is 2.52. The van der Waals surface area contributed by atoms with E-state index in [2.05, 4.69) is 19.6 Å². The highest BCUT2D eigenvalue weighted by atomic mass is 35.5. The zero-order valence-electron chi connectivity index (χ0n) is 6.86. The Labute approximate surface area is 79.6 Å². The third-order valence-electron chi connectivity index (χ3n) is 1.53. The predicted molar refractivity (Wildman–Crippen MR) is 47.3 cm³/mol. The monoisotopic (exact) mass is 195 g/mol. The van der Waals surface area contributed by atoms with E-state index in [0.29, 0.717) is 5.82 Å². The van der Waals surface area contributed by atoms with E-state index < -0.39 is 0 Å². The Kier molecular flexibility index (Phi) is 1.98. The van der Waals surface area contributed by atoms with Crippen LogP contribution in [0.15, 0.2) is 23.0 Å². The molecule has 2 heterocycles. The molecule has 0 amide bonds. The maximum absolute atomic E-state index is 5.49. The number of halogens is 1. The van der Waals surface area contributed by atoms with E-state index in [4.69, 9.17) is 11.6 Å². The lowest BCUT2D eigenvalue weighted by atomic mass is 10.2. The van der Waals surface area contributed by atoms with Gasteiger partial charge in [-0.05, 0) is 30.2 Å². The van der Waals surface area contributed by atoms with Crippen molar-refractivity contribution in [1.29, 1.82) is 0 Å². The summed E-state index contributed by atoms with van der Waals surface area (Å²) in [6.07, 6.45) is 3.42. The zero-order chi connectivity index (χ0) is 9.26. The molecular formula is C8H6ClN3O. The lowest BCUT2D eigenvalue weighted by molar-refractivity contribution is 0.421. The van der Waals surface area contributed by atoms with Crippen molar-refractivity contribution in [3.8, 4) is 11.4 Å². The summed E-state index contributed by atoms with van der Waals surface area (Å²) in [5.41, 5.74) is 1.84. The highest BCUT2D eigenvalue weighted by Crippen LogP contribution is 2.16. The molecule has 0 unspecified atom stereocenters. The molecule has 0 saturated carbocycles. The predicted octanol–water partition coefficient (Wildman–Crippen LogP) is 2.09. The SMILES string of the molecule is Cc1cncc(-c2noc(Cl)n2)c1. The second-order valence-electron chi connectivity index (χ2n) is 2.62. The van der Waals surface area contributed by atoms with Crippen LogP contribution >= 0.6 is 11.6 Å². The van der Waals surface area contributed by atoms with E-state index in [1.807, 2.05) is 13.0 Å². The van der Waals surface area contributed by atoms with Gasteiger partial charge in [0.1, 0.15) is 0 Å². The van der Waals surface area contributed by atoms with Crippen LogP contribution < -0.4 is 0 Å². The van der Waals surface area contributed by atoms with Crippen molar-refractivity contribution in [2.45, 2.75) is 6.92 Å². The molecule has 66 valence electrons. The molecule has 0 atom stereocenters. The fourth-order valence-corrected chi connectivity index (χ4v) is 1.11. The summed E-state index contributed by atoms with van der Waals surface area (Å²) in [5, 5.41) is 3.71. The number of aromatic nitrogens is 3. The quantitative estimate of drug-likeness (QED) is 0.699. The molecule has 0 bridgehead atoms. The average molecular weight is 196 g/mol. The standard InChI is InChI=1S/C8H6ClN3O/c1-5-2-6(4-10-3-5)7-11-8(9)13-12-7/h2-4H,1H3. The maximum atomic E-state index is 5.49. The Balaban J connectivity index is 2.46. The Morgan fingerprint density at radius 3 is 2.85 bits per heavy atom. The van der Waals surface area contributed by atoms with Gasteiger partial charge in [0.25, 0.3) is 0 Å². The van der Waals surface area contributed by atoms with Crippen molar-refractivity contribution in [2.75, 3.05) is 0 Å². The molecule has 13 heavy (non-hydrogen) atoms. The van der Waals surface area contributed by atoms with Gasteiger partial charge in [-0.2, -0.15) is 4.98 Å². The van der Waals surface area contributed by atoms with Crippen LogP contribution in [0.4, 0.5) is 0 Å². The van der Waals surface area contributed by atoms with Crippen LogP contribution in [-0.2, 0) is 0 Å². The van der Waals surface area contributed by atoms with E-state index >= 15 is 0 Å². The molecule has 2 aromatic heterocycles. The van der Waals surface area contributed by atoms with Crippen molar-refractivity contribution in [3.05, 3.63) is 29.4 Å². The minimum absolute atomic E-state index is 0.0384. The molecule has 0 spiro atoms. The lowest BCUT2D eigenvalue weighted by Gasteiger charge is -1.93. The van der Waals surface area contributed by atoms with Gasteiger partial charge < -0.3 is 4.52 Å². The molecule has 0 aliphatic rings. The number of nitrogens with zero attached hydrogens (tertiary/aromatic N) is 3. The van der Waals surface area contributed by atoms with Crippen LogP contribution in [0.5, 0.6) is 0 Å². The third-order valence-corrected chi connectivity index (χ3v) is 1.69. The largest absolute Gasteiger partial charge is 0.321 e. The lowest BCUT2D eigenvalue weighted by Crippen LogP contribution is -1.83. The first-order valence-electron chi connectivity index (χ1n) is 3.67. The Morgan fingerprint density at radius 2 is 2.23 bits per heavy atom. The summed E-state index contributed by atoms with van der Waals surface area (Å²) in [7, 11) is 0. The number of pyridine rings is 1. The van der Waals surface area contributed by atoms with Gasteiger partial charge in [-0.3, -0.25) is 4.98 Å². The van der Waals surface area contributed by atoms with Crippen LogP contribution in [0.25, 0.3) is 11.4 Å². The normalized spacial score (nSPS) is 10.3. The molecule has 4 nitrogen and oxygen atoms in total. The minimum atomic E-state index is 0.0384. The van der Waals surface area contributed by atoms with Crippen LogP contribution in [0, 0.1) is 6.92 Å². The molecule has 0 fully saturated rings. The number of hydrogen-bond acceptors (Lipinski definition) is 4. The van der Waals surface area contributed by atoms with Gasteiger partial charge in [0.15, 0.2) is 0 Å². The second kappa shape index (κ2) is 3.14.